The number of ether oxygens (including phenoxy) is 1. The third-order valence-electron chi connectivity index (χ3n) is 2.42. The number of pyridine rings is 1. The summed E-state index contributed by atoms with van der Waals surface area (Å²) in [5.41, 5.74) is -0.471. The Labute approximate surface area is 116 Å². The second-order valence-corrected chi connectivity index (χ2v) is 4.09. The first-order valence-electron chi connectivity index (χ1n) is 5.34. The number of rotatable bonds is 4. The number of hydrogen-bond acceptors (Lipinski definition) is 4. The van der Waals surface area contributed by atoms with E-state index >= 15 is 0 Å². The zero-order chi connectivity index (χ0) is 14.7. The first-order chi connectivity index (χ1) is 9.49. The molecule has 0 spiro atoms. The van der Waals surface area contributed by atoms with E-state index in [-0.39, 0.29) is 11.8 Å². The van der Waals surface area contributed by atoms with Crippen LogP contribution in [0.2, 0.25) is 5.15 Å². The van der Waals surface area contributed by atoms with Crippen molar-refractivity contribution in [1.29, 1.82) is 0 Å². The van der Waals surface area contributed by atoms with Crippen molar-refractivity contribution in [3.05, 3.63) is 62.9 Å². The molecular formula is C12H7ClF2N2O3. The van der Waals surface area contributed by atoms with E-state index in [2.05, 4.69) is 4.98 Å². The summed E-state index contributed by atoms with van der Waals surface area (Å²) in [5, 5.41) is 10.6. The van der Waals surface area contributed by atoms with Gasteiger partial charge in [-0.25, -0.2) is 9.37 Å². The molecule has 0 aliphatic carbocycles. The van der Waals surface area contributed by atoms with Gasteiger partial charge in [0.1, 0.15) is 11.8 Å². The molecule has 8 heteroatoms. The van der Waals surface area contributed by atoms with Crippen molar-refractivity contribution in [2.24, 2.45) is 0 Å². The molecule has 0 radical (unpaired) electrons. The Hall–Kier alpha value is -2.28. The number of nitrogens with zero attached hydrogens (tertiary/aromatic N) is 2. The average molecular weight is 301 g/mol. The van der Waals surface area contributed by atoms with Crippen molar-refractivity contribution in [2.45, 2.75) is 6.61 Å². The zero-order valence-electron chi connectivity index (χ0n) is 9.85. The number of nitro groups is 1. The van der Waals surface area contributed by atoms with Crippen LogP contribution in [0, 0.1) is 21.7 Å². The van der Waals surface area contributed by atoms with E-state index < -0.39 is 28.0 Å². The van der Waals surface area contributed by atoms with Crippen molar-refractivity contribution >= 4 is 17.3 Å². The largest absolute Gasteiger partial charge is 0.486 e. The molecule has 0 aliphatic rings. The summed E-state index contributed by atoms with van der Waals surface area (Å²) in [6.07, 6.45) is 1.47. The monoisotopic (exact) mass is 300 g/mol. The molecule has 0 bridgehead atoms. The van der Waals surface area contributed by atoms with Crippen molar-refractivity contribution in [2.75, 3.05) is 0 Å². The van der Waals surface area contributed by atoms with Crippen LogP contribution in [0.3, 0.4) is 0 Å². The van der Waals surface area contributed by atoms with Crippen LogP contribution in [0.1, 0.15) is 5.56 Å². The smallest absolute Gasteiger partial charge is 0.307 e. The van der Waals surface area contributed by atoms with Gasteiger partial charge in [-0.2, -0.15) is 4.39 Å². The minimum Gasteiger partial charge on any atom is -0.486 e. The maximum Gasteiger partial charge on any atom is 0.307 e. The highest BCUT2D eigenvalue weighted by Crippen LogP contribution is 2.27. The lowest BCUT2D eigenvalue weighted by atomic mass is 10.2. The molecule has 5 nitrogen and oxygen atoms in total. The number of nitro benzene ring substituents is 1. The van der Waals surface area contributed by atoms with Gasteiger partial charge in [0.05, 0.1) is 11.0 Å². The fourth-order valence-electron chi connectivity index (χ4n) is 1.45. The molecule has 0 saturated carbocycles. The highest BCUT2D eigenvalue weighted by Gasteiger charge is 2.19. The van der Waals surface area contributed by atoms with Gasteiger partial charge in [-0.1, -0.05) is 17.7 Å². The fraction of sp³-hybridized carbons (Fsp3) is 0.0833. The van der Waals surface area contributed by atoms with Gasteiger partial charge in [0.15, 0.2) is 11.6 Å². The Kier molecular flexibility index (Phi) is 4.09. The topological polar surface area (TPSA) is 65.3 Å². The van der Waals surface area contributed by atoms with Crippen LogP contribution in [-0.2, 0) is 6.61 Å². The molecule has 0 saturated heterocycles. The van der Waals surface area contributed by atoms with E-state index in [1.807, 2.05) is 0 Å². The van der Waals surface area contributed by atoms with Crippen molar-refractivity contribution in [1.82, 2.24) is 4.98 Å². The summed E-state index contributed by atoms with van der Waals surface area (Å²) < 4.78 is 32.0. The van der Waals surface area contributed by atoms with Gasteiger partial charge in [-0.3, -0.25) is 10.1 Å². The molecule has 0 amide bonds. The van der Waals surface area contributed by atoms with Gasteiger partial charge in [0, 0.05) is 17.8 Å². The molecule has 0 fully saturated rings. The van der Waals surface area contributed by atoms with Crippen molar-refractivity contribution < 1.29 is 18.4 Å². The lowest BCUT2D eigenvalue weighted by molar-refractivity contribution is -0.387. The Morgan fingerprint density at radius 3 is 2.75 bits per heavy atom. The first kappa shape index (κ1) is 14.1. The van der Waals surface area contributed by atoms with Crippen LogP contribution in [0.15, 0.2) is 30.5 Å². The second-order valence-electron chi connectivity index (χ2n) is 3.73. The van der Waals surface area contributed by atoms with Crippen LogP contribution in [0.4, 0.5) is 14.5 Å². The summed E-state index contributed by atoms with van der Waals surface area (Å²) in [6, 6.07) is 4.31. The van der Waals surface area contributed by atoms with E-state index in [1.54, 1.807) is 12.1 Å². The van der Waals surface area contributed by atoms with Gasteiger partial charge in [-0.15, -0.1) is 0 Å². The average Bonchev–Trinajstić information content (AvgIpc) is 2.40. The Morgan fingerprint density at radius 2 is 2.10 bits per heavy atom. The minimum absolute atomic E-state index is 0.138. The Morgan fingerprint density at radius 1 is 1.35 bits per heavy atom. The summed E-state index contributed by atoms with van der Waals surface area (Å²) in [7, 11) is 0. The molecule has 0 atom stereocenters. The fourth-order valence-corrected chi connectivity index (χ4v) is 1.63. The predicted molar refractivity (Wildman–Crippen MR) is 66.6 cm³/mol. The SMILES string of the molecule is O=[N+]([O-])c1cc(F)c(OCc2cccnc2Cl)cc1F. The van der Waals surface area contributed by atoms with Crippen molar-refractivity contribution in [3.8, 4) is 5.75 Å². The van der Waals surface area contributed by atoms with E-state index in [9.17, 15) is 18.9 Å². The van der Waals surface area contributed by atoms with Crippen LogP contribution in [-0.4, -0.2) is 9.91 Å². The number of halogens is 3. The highest BCUT2D eigenvalue weighted by atomic mass is 35.5. The lowest BCUT2D eigenvalue weighted by Gasteiger charge is -2.08. The number of aromatic nitrogens is 1. The molecule has 2 rings (SSSR count). The molecule has 0 aliphatic heterocycles. The standard InChI is InChI=1S/C12H7ClF2N2O3/c13-12-7(2-1-3-16-12)6-20-11-5-8(14)10(17(18)19)4-9(11)15/h1-5H,6H2. The summed E-state index contributed by atoms with van der Waals surface area (Å²) in [5.74, 6) is -2.64. The molecule has 20 heavy (non-hydrogen) atoms. The van der Waals surface area contributed by atoms with Crippen LogP contribution >= 0.6 is 11.6 Å². The highest BCUT2D eigenvalue weighted by molar-refractivity contribution is 6.30. The minimum atomic E-state index is -1.18. The normalized spacial score (nSPS) is 10.3. The van der Waals surface area contributed by atoms with Gasteiger partial charge in [0.2, 0.25) is 5.82 Å². The third-order valence-corrected chi connectivity index (χ3v) is 2.76. The molecule has 1 aromatic carbocycles. The summed E-state index contributed by atoms with van der Waals surface area (Å²) >= 11 is 5.78. The first-order valence-corrected chi connectivity index (χ1v) is 5.72. The molecular weight excluding hydrogens is 294 g/mol. The van der Waals surface area contributed by atoms with Crippen LogP contribution in [0.25, 0.3) is 0 Å². The summed E-state index contributed by atoms with van der Waals surface area (Å²) in [4.78, 5) is 13.2. The Balaban J connectivity index is 2.21. The maximum absolute atomic E-state index is 13.5. The van der Waals surface area contributed by atoms with Gasteiger partial charge in [-0.05, 0) is 6.07 Å². The van der Waals surface area contributed by atoms with Crippen molar-refractivity contribution in [3.63, 3.8) is 0 Å². The maximum atomic E-state index is 13.5. The summed E-state index contributed by atoms with van der Waals surface area (Å²) in [6.45, 7) is -0.138. The number of hydrogen-bond donors (Lipinski definition) is 0. The molecule has 104 valence electrons. The van der Waals surface area contributed by atoms with Gasteiger partial charge >= 0.3 is 5.69 Å². The molecule has 1 heterocycles. The van der Waals surface area contributed by atoms with E-state index in [0.29, 0.717) is 17.7 Å². The lowest BCUT2D eigenvalue weighted by Crippen LogP contribution is -2.01. The van der Waals surface area contributed by atoms with Crippen LogP contribution in [0.5, 0.6) is 5.75 Å². The quantitative estimate of drug-likeness (QED) is 0.492. The third kappa shape index (κ3) is 3.00. The number of benzene rings is 1. The van der Waals surface area contributed by atoms with E-state index in [4.69, 9.17) is 16.3 Å². The van der Waals surface area contributed by atoms with E-state index in [1.165, 1.54) is 6.20 Å². The molecule has 0 unspecified atom stereocenters. The molecule has 2 aromatic rings. The zero-order valence-corrected chi connectivity index (χ0v) is 10.6. The van der Waals surface area contributed by atoms with Gasteiger partial charge in [0.25, 0.3) is 0 Å². The molecule has 1 aromatic heterocycles. The van der Waals surface area contributed by atoms with E-state index in [0.717, 1.165) is 0 Å². The van der Waals surface area contributed by atoms with Crippen LogP contribution < -0.4 is 4.74 Å². The molecule has 0 N–H and O–H groups in total. The Bertz CT molecular complexity index is 667. The predicted octanol–water partition coefficient (Wildman–Crippen LogP) is 3.50. The second kappa shape index (κ2) is 5.79. The van der Waals surface area contributed by atoms with Gasteiger partial charge < -0.3 is 4.74 Å².